The number of ketones is 2. The average molecular weight is 205 g/mol. The van der Waals surface area contributed by atoms with Crippen molar-refractivity contribution in [2.45, 2.75) is 6.92 Å². The van der Waals surface area contributed by atoms with Gasteiger partial charge in [-0.25, -0.2) is 4.39 Å². The molecule has 0 aliphatic heterocycles. The predicted molar refractivity (Wildman–Crippen MR) is 50.5 cm³/mol. The number of hydrogen-bond donors (Lipinski definition) is 0. The predicted octanol–water partition coefficient (Wildman–Crippen LogP) is 1.74. The number of rotatable bonds is 3. The smallest absolute Gasteiger partial charge is 0.190 e. The van der Waals surface area contributed by atoms with Gasteiger partial charge in [0.1, 0.15) is 5.82 Å². The fourth-order valence-electron chi connectivity index (χ4n) is 1.15. The number of Topliss-reactive ketones (excluding diaryl/α,β-unsaturated/α-hetero) is 2. The van der Waals surface area contributed by atoms with Crippen molar-refractivity contribution in [2.75, 3.05) is 0 Å². The Labute approximate surface area is 86.1 Å². The van der Waals surface area contributed by atoms with Gasteiger partial charge in [0.05, 0.1) is 11.6 Å². The molecule has 0 spiro atoms. The van der Waals surface area contributed by atoms with E-state index in [1.807, 2.05) is 0 Å². The van der Waals surface area contributed by atoms with E-state index in [9.17, 15) is 14.0 Å². The fraction of sp³-hybridized carbons (Fsp3) is 0.182. The molecule has 0 fully saturated rings. The average Bonchev–Trinajstić information content (AvgIpc) is 2.18. The van der Waals surface area contributed by atoms with Gasteiger partial charge < -0.3 is 0 Å². The van der Waals surface area contributed by atoms with Crippen LogP contribution in [0.2, 0.25) is 0 Å². The summed E-state index contributed by atoms with van der Waals surface area (Å²) in [5.74, 6) is -3.50. The van der Waals surface area contributed by atoms with Crippen LogP contribution in [0.1, 0.15) is 17.3 Å². The van der Waals surface area contributed by atoms with Crippen molar-refractivity contribution >= 4 is 11.6 Å². The molecule has 4 heteroatoms. The van der Waals surface area contributed by atoms with Crippen LogP contribution in [0.5, 0.6) is 0 Å². The van der Waals surface area contributed by atoms with Crippen LogP contribution in [0.4, 0.5) is 4.39 Å². The van der Waals surface area contributed by atoms with E-state index in [1.165, 1.54) is 18.2 Å². The number of carbonyl (C=O) groups excluding carboxylic acids is 2. The number of nitrogens with zero attached hydrogens (tertiary/aromatic N) is 1. The number of carbonyl (C=O) groups is 2. The highest BCUT2D eigenvalue weighted by Gasteiger charge is 2.25. The van der Waals surface area contributed by atoms with Gasteiger partial charge in [0, 0.05) is 0 Å². The SMILES string of the molecule is CC(=O)C(C#N)C(=O)c1ccccc1F. The molecule has 0 aromatic heterocycles. The standard InChI is InChI=1S/C11H8FNO2/c1-7(14)9(6-13)11(15)8-4-2-3-5-10(8)12/h2-5,9H,1H3. The summed E-state index contributed by atoms with van der Waals surface area (Å²) in [6.07, 6.45) is 0. The maximum Gasteiger partial charge on any atom is 0.190 e. The molecule has 0 aliphatic rings. The molecule has 0 saturated heterocycles. The van der Waals surface area contributed by atoms with Gasteiger partial charge in [-0.2, -0.15) is 5.26 Å². The van der Waals surface area contributed by atoms with Crippen molar-refractivity contribution in [3.8, 4) is 6.07 Å². The Bertz CT molecular complexity index is 448. The normalized spacial score (nSPS) is 11.5. The molecule has 1 atom stereocenters. The van der Waals surface area contributed by atoms with Gasteiger partial charge >= 0.3 is 0 Å². The van der Waals surface area contributed by atoms with Crippen LogP contribution in [0, 0.1) is 23.1 Å². The molecule has 0 heterocycles. The van der Waals surface area contributed by atoms with E-state index in [4.69, 9.17) is 5.26 Å². The molecule has 76 valence electrons. The molecule has 0 N–H and O–H groups in total. The van der Waals surface area contributed by atoms with Crippen LogP contribution in [0.3, 0.4) is 0 Å². The molecule has 1 aromatic carbocycles. The molecule has 0 saturated carbocycles. The quantitative estimate of drug-likeness (QED) is 0.557. The van der Waals surface area contributed by atoms with Crippen LogP contribution in [0.25, 0.3) is 0 Å². The summed E-state index contributed by atoms with van der Waals surface area (Å²) >= 11 is 0. The van der Waals surface area contributed by atoms with E-state index in [0.717, 1.165) is 13.0 Å². The summed E-state index contributed by atoms with van der Waals surface area (Å²) in [6, 6.07) is 6.84. The molecular weight excluding hydrogens is 197 g/mol. The molecule has 3 nitrogen and oxygen atoms in total. The number of hydrogen-bond acceptors (Lipinski definition) is 3. The van der Waals surface area contributed by atoms with E-state index in [-0.39, 0.29) is 5.56 Å². The molecule has 0 amide bonds. The van der Waals surface area contributed by atoms with Crippen molar-refractivity contribution in [2.24, 2.45) is 5.92 Å². The minimum atomic E-state index is -1.41. The Morgan fingerprint density at radius 2 is 2.00 bits per heavy atom. The largest absolute Gasteiger partial charge is 0.298 e. The first-order chi connectivity index (χ1) is 7.07. The first kappa shape index (κ1) is 11.1. The molecule has 1 rings (SSSR count). The monoisotopic (exact) mass is 205 g/mol. The van der Waals surface area contributed by atoms with E-state index >= 15 is 0 Å². The van der Waals surface area contributed by atoms with Gasteiger partial charge in [0.2, 0.25) is 0 Å². The van der Waals surface area contributed by atoms with E-state index in [0.29, 0.717) is 0 Å². The lowest BCUT2D eigenvalue weighted by atomic mass is 9.95. The third-order valence-corrected chi connectivity index (χ3v) is 1.94. The van der Waals surface area contributed by atoms with Crippen molar-refractivity contribution in [1.29, 1.82) is 5.26 Å². The first-order valence-electron chi connectivity index (χ1n) is 4.26. The second-order valence-corrected chi connectivity index (χ2v) is 3.02. The summed E-state index contributed by atoms with van der Waals surface area (Å²) in [4.78, 5) is 22.5. The maximum absolute atomic E-state index is 13.2. The van der Waals surface area contributed by atoms with E-state index < -0.39 is 23.3 Å². The highest BCUT2D eigenvalue weighted by Crippen LogP contribution is 2.13. The van der Waals surface area contributed by atoms with Crippen LogP contribution in [-0.2, 0) is 4.79 Å². The molecule has 0 bridgehead atoms. The molecule has 1 unspecified atom stereocenters. The zero-order chi connectivity index (χ0) is 11.4. The van der Waals surface area contributed by atoms with Crippen molar-refractivity contribution in [3.05, 3.63) is 35.6 Å². The lowest BCUT2D eigenvalue weighted by molar-refractivity contribution is -0.118. The van der Waals surface area contributed by atoms with Gasteiger partial charge in [0.25, 0.3) is 0 Å². The summed E-state index contributed by atoms with van der Waals surface area (Å²) in [6.45, 7) is 1.13. The lowest BCUT2D eigenvalue weighted by Crippen LogP contribution is -2.21. The van der Waals surface area contributed by atoms with Crippen LogP contribution < -0.4 is 0 Å². The molecule has 0 aliphatic carbocycles. The molecular formula is C11H8FNO2. The van der Waals surface area contributed by atoms with Gasteiger partial charge in [-0.3, -0.25) is 9.59 Å². The number of benzene rings is 1. The summed E-state index contributed by atoms with van der Waals surface area (Å²) in [5.41, 5.74) is -0.223. The number of nitriles is 1. The molecule has 1 aromatic rings. The molecule has 15 heavy (non-hydrogen) atoms. The number of halogens is 1. The second kappa shape index (κ2) is 4.47. The van der Waals surface area contributed by atoms with Gasteiger partial charge in [-0.1, -0.05) is 12.1 Å². The second-order valence-electron chi connectivity index (χ2n) is 3.02. The third-order valence-electron chi connectivity index (χ3n) is 1.94. The summed E-state index contributed by atoms with van der Waals surface area (Å²) in [7, 11) is 0. The topological polar surface area (TPSA) is 57.9 Å². The van der Waals surface area contributed by atoms with Gasteiger partial charge in [0.15, 0.2) is 17.5 Å². The fourth-order valence-corrected chi connectivity index (χ4v) is 1.15. The summed E-state index contributed by atoms with van der Waals surface area (Å²) < 4.78 is 13.2. The zero-order valence-corrected chi connectivity index (χ0v) is 8.03. The van der Waals surface area contributed by atoms with E-state index in [1.54, 1.807) is 6.07 Å². The maximum atomic E-state index is 13.2. The Hall–Kier alpha value is -2.02. The molecule has 0 radical (unpaired) electrons. The van der Waals surface area contributed by atoms with E-state index in [2.05, 4.69) is 0 Å². The third kappa shape index (κ3) is 2.26. The Kier molecular flexibility index (Phi) is 3.29. The van der Waals surface area contributed by atoms with Crippen molar-refractivity contribution in [1.82, 2.24) is 0 Å². The van der Waals surface area contributed by atoms with Crippen molar-refractivity contribution in [3.63, 3.8) is 0 Å². The van der Waals surface area contributed by atoms with Gasteiger partial charge in [-0.15, -0.1) is 0 Å². The Morgan fingerprint density at radius 3 is 2.47 bits per heavy atom. The van der Waals surface area contributed by atoms with Crippen molar-refractivity contribution < 1.29 is 14.0 Å². The van der Waals surface area contributed by atoms with Gasteiger partial charge in [-0.05, 0) is 19.1 Å². The Morgan fingerprint density at radius 1 is 1.40 bits per heavy atom. The van der Waals surface area contributed by atoms with Crippen LogP contribution >= 0.6 is 0 Å². The minimum Gasteiger partial charge on any atom is -0.298 e. The first-order valence-corrected chi connectivity index (χ1v) is 4.26. The minimum absolute atomic E-state index is 0.223. The summed E-state index contributed by atoms with van der Waals surface area (Å²) in [5, 5.41) is 8.60. The van der Waals surface area contributed by atoms with Crippen LogP contribution in [-0.4, -0.2) is 11.6 Å². The Balaban J connectivity index is 3.10. The highest BCUT2D eigenvalue weighted by molar-refractivity contribution is 6.12. The lowest BCUT2D eigenvalue weighted by Gasteiger charge is -2.04. The zero-order valence-electron chi connectivity index (χ0n) is 8.03. The highest BCUT2D eigenvalue weighted by atomic mass is 19.1. The van der Waals surface area contributed by atoms with Crippen LogP contribution in [0.15, 0.2) is 24.3 Å².